The third-order valence-electron chi connectivity index (χ3n) is 3.76. The average Bonchev–Trinajstić information content (AvgIpc) is 2.25. The Bertz CT molecular complexity index is 210. The second-order valence-corrected chi connectivity index (χ2v) is 5.25. The van der Waals surface area contributed by atoms with Gasteiger partial charge in [-0.3, -0.25) is 4.79 Å². The summed E-state index contributed by atoms with van der Waals surface area (Å²) in [4.78, 5) is 12.8. The highest BCUT2D eigenvalue weighted by Gasteiger charge is 2.21. The number of carboxylic acid groups (broad SMARTS) is 1. The normalized spacial score (nSPS) is 25.9. The number of hydrogen-bond acceptors (Lipinski definition) is 2. The van der Waals surface area contributed by atoms with Crippen molar-refractivity contribution in [2.24, 2.45) is 5.92 Å². The molecule has 1 N–H and O–H groups in total. The van der Waals surface area contributed by atoms with E-state index in [4.69, 9.17) is 5.11 Å². The molecule has 0 spiro atoms. The van der Waals surface area contributed by atoms with Crippen LogP contribution in [0.5, 0.6) is 0 Å². The van der Waals surface area contributed by atoms with E-state index in [1.54, 1.807) is 0 Å². The standard InChI is InChI=1S/C13H25NO2/c1-11-6-8-12(9-7-11)14(2)10-4-3-5-13(15)16/h11-12H,3-10H2,1-2H3,(H,15,16). The molecule has 0 atom stereocenters. The molecule has 1 fully saturated rings. The van der Waals surface area contributed by atoms with Crippen LogP contribution in [-0.4, -0.2) is 35.6 Å². The van der Waals surface area contributed by atoms with Crippen LogP contribution in [0.4, 0.5) is 0 Å². The van der Waals surface area contributed by atoms with Gasteiger partial charge in [0.25, 0.3) is 0 Å². The topological polar surface area (TPSA) is 40.5 Å². The smallest absolute Gasteiger partial charge is 0.303 e. The zero-order chi connectivity index (χ0) is 12.0. The zero-order valence-corrected chi connectivity index (χ0v) is 10.6. The third kappa shape index (κ3) is 4.97. The van der Waals surface area contributed by atoms with Crippen molar-refractivity contribution in [2.45, 2.75) is 57.9 Å². The minimum atomic E-state index is -0.672. The zero-order valence-electron chi connectivity index (χ0n) is 10.6. The van der Waals surface area contributed by atoms with Crippen LogP contribution < -0.4 is 0 Å². The maximum Gasteiger partial charge on any atom is 0.303 e. The number of carbonyl (C=O) groups is 1. The molecule has 0 aromatic heterocycles. The molecule has 0 aromatic rings. The summed E-state index contributed by atoms with van der Waals surface area (Å²) in [5, 5.41) is 8.54. The molecule has 0 aromatic carbocycles. The van der Waals surface area contributed by atoms with Crippen molar-refractivity contribution < 1.29 is 9.90 Å². The summed E-state index contributed by atoms with van der Waals surface area (Å²) in [6, 6.07) is 0.737. The van der Waals surface area contributed by atoms with Crippen LogP contribution in [0.1, 0.15) is 51.9 Å². The molecule has 0 amide bonds. The van der Waals surface area contributed by atoms with Crippen molar-refractivity contribution in [3.05, 3.63) is 0 Å². The second kappa shape index (κ2) is 6.89. The minimum absolute atomic E-state index is 0.315. The second-order valence-electron chi connectivity index (χ2n) is 5.25. The maximum atomic E-state index is 10.4. The molecule has 16 heavy (non-hydrogen) atoms. The summed E-state index contributed by atoms with van der Waals surface area (Å²) in [6.07, 6.45) is 7.47. The molecule has 94 valence electrons. The Morgan fingerprint density at radius 1 is 1.25 bits per heavy atom. The Morgan fingerprint density at radius 3 is 2.44 bits per heavy atom. The number of unbranched alkanes of at least 4 members (excludes halogenated alkanes) is 1. The average molecular weight is 227 g/mol. The van der Waals surface area contributed by atoms with Crippen LogP contribution in [-0.2, 0) is 4.79 Å². The van der Waals surface area contributed by atoms with E-state index in [0.29, 0.717) is 6.42 Å². The van der Waals surface area contributed by atoms with E-state index in [0.717, 1.165) is 31.3 Å². The van der Waals surface area contributed by atoms with Crippen LogP contribution in [0.3, 0.4) is 0 Å². The molecule has 0 saturated heterocycles. The first-order valence-electron chi connectivity index (χ1n) is 6.51. The highest BCUT2D eigenvalue weighted by atomic mass is 16.4. The summed E-state index contributed by atoms with van der Waals surface area (Å²) >= 11 is 0. The lowest BCUT2D eigenvalue weighted by Crippen LogP contribution is -2.35. The highest BCUT2D eigenvalue weighted by molar-refractivity contribution is 5.66. The van der Waals surface area contributed by atoms with Crippen LogP contribution in [0.25, 0.3) is 0 Å². The van der Waals surface area contributed by atoms with E-state index in [1.165, 1.54) is 25.7 Å². The molecular weight excluding hydrogens is 202 g/mol. The first-order valence-corrected chi connectivity index (χ1v) is 6.51. The molecule has 3 heteroatoms. The van der Waals surface area contributed by atoms with E-state index in [1.807, 2.05) is 0 Å². The lowest BCUT2D eigenvalue weighted by atomic mass is 9.87. The number of carboxylic acids is 1. The first kappa shape index (κ1) is 13.5. The fourth-order valence-corrected chi connectivity index (χ4v) is 2.50. The van der Waals surface area contributed by atoms with Crippen molar-refractivity contribution >= 4 is 5.97 Å². The van der Waals surface area contributed by atoms with E-state index in [-0.39, 0.29) is 0 Å². The van der Waals surface area contributed by atoms with Crippen LogP contribution in [0, 0.1) is 5.92 Å². The van der Waals surface area contributed by atoms with Gasteiger partial charge in [0.15, 0.2) is 0 Å². The predicted octanol–water partition coefficient (Wildman–Crippen LogP) is 2.75. The number of aliphatic carboxylic acids is 1. The Morgan fingerprint density at radius 2 is 1.88 bits per heavy atom. The summed E-state index contributed by atoms with van der Waals surface area (Å²) in [6.45, 7) is 3.38. The summed E-state index contributed by atoms with van der Waals surface area (Å²) in [5.74, 6) is 0.228. The van der Waals surface area contributed by atoms with Crippen molar-refractivity contribution in [3.63, 3.8) is 0 Å². The molecule has 0 aliphatic heterocycles. The van der Waals surface area contributed by atoms with Crippen LogP contribution in [0.2, 0.25) is 0 Å². The minimum Gasteiger partial charge on any atom is -0.481 e. The van der Waals surface area contributed by atoms with E-state index in [2.05, 4.69) is 18.9 Å². The Kier molecular flexibility index (Phi) is 5.81. The van der Waals surface area contributed by atoms with E-state index >= 15 is 0 Å². The van der Waals surface area contributed by atoms with Gasteiger partial charge in [-0.2, -0.15) is 0 Å². The molecular formula is C13H25NO2. The molecule has 0 unspecified atom stereocenters. The van der Waals surface area contributed by atoms with Gasteiger partial charge in [0.1, 0.15) is 0 Å². The van der Waals surface area contributed by atoms with Crippen molar-refractivity contribution in [1.29, 1.82) is 0 Å². The quantitative estimate of drug-likeness (QED) is 0.709. The molecule has 0 heterocycles. The van der Waals surface area contributed by atoms with E-state index < -0.39 is 5.97 Å². The van der Waals surface area contributed by atoms with Gasteiger partial charge in [0.05, 0.1) is 0 Å². The lowest BCUT2D eigenvalue weighted by Gasteiger charge is -2.33. The molecule has 1 saturated carbocycles. The Hall–Kier alpha value is -0.570. The number of nitrogens with zero attached hydrogens (tertiary/aromatic N) is 1. The molecule has 1 rings (SSSR count). The van der Waals surface area contributed by atoms with Crippen LogP contribution >= 0.6 is 0 Å². The predicted molar refractivity (Wildman–Crippen MR) is 65.5 cm³/mol. The fraction of sp³-hybridized carbons (Fsp3) is 0.923. The van der Waals surface area contributed by atoms with Gasteiger partial charge >= 0.3 is 5.97 Å². The maximum absolute atomic E-state index is 10.4. The van der Waals surface area contributed by atoms with Crippen LogP contribution in [0.15, 0.2) is 0 Å². The monoisotopic (exact) mass is 227 g/mol. The first-order chi connectivity index (χ1) is 7.59. The molecule has 1 aliphatic rings. The van der Waals surface area contributed by atoms with Gasteiger partial charge in [-0.1, -0.05) is 6.92 Å². The van der Waals surface area contributed by atoms with Gasteiger partial charge in [-0.15, -0.1) is 0 Å². The Labute approximate surface area is 98.8 Å². The highest BCUT2D eigenvalue weighted by Crippen LogP contribution is 2.26. The SMILES string of the molecule is CC1CCC(N(C)CCCCC(=O)O)CC1. The third-order valence-corrected chi connectivity index (χ3v) is 3.76. The Balaban J connectivity index is 2.10. The van der Waals surface area contributed by atoms with E-state index in [9.17, 15) is 4.79 Å². The van der Waals surface area contributed by atoms with Gasteiger partial charge < -0.3 is 10.0 Å². The number of hydrogen-bond donors (Lipinski definition) is 1. The van der Waals surface area contributed by atoms with Gasteiger partial charge in [-0.25, -0.2) is 0 Å². The lowest BCUT2D eigenvalue weighted by molar-refractivity contribution is -0.137. The van der Waals surface area contributed by atoms with Gasteiger partial charge in [-0.05, 0) is 58.0 Å². The van der Waals surface area contributed by atoms with Crippen molar-refractivity contribution in [1.82, 2.24) is 4.90 Å². The molecule has 0 radical (unpaired) electrons. The van der Waals surface area contributed by atoms with Gasteiger partial charge in [0, 0.05) is 12.5 Å². The summed E-state index contributed by atoms with van der Waals surface area (Å²) in [7, 11) is 2.18. The van der Waals surface area contributed by atoms with Crippen molar-refractivity contribution in [3.8, 4) is 0 Å². The number of rotatable bonds is 6. The summed E-state index contributed by atoms with van der Waals surface area (Å²) < 4.78 is 0. The van der Waals surface area contributed by atoms with Crippen molar-refractivity contribution in [2.75, 3.05) is 13.6 Å². The molecule has 3 nitrogen and oxygen atoms in total. The molecule has 0 bridgehead atoms. The largest absolute Gasteiger partial charge is 0.481 e. The summed E-state index contributed by atoms with van der Waals surface area (Å²) in [5.41, 5.74) is 0. The fourth-order valence-electron chi connectivity index (χ4n) is 2.50. The van der Waals surface area contributed by atoms with Gasteiger partial charge in [0.2, 0.25) is 0 Å². The molecule has 1 aliphatic carbocycles.